The second-order valence-corrected chi connectivity index (χ2v) is 6.51. The summed E-state index contributed by atoms with van der Waals surface area (Å²) >= 11 is 3.57. The number of carbonyl (C=O) groups excluding carboxylic acids is 1. The van der Waals surface area contributed by atoms with Crippen LogP contribution in [0.1, 0.15) is 28.4 Å². The molecule has 0 aliphatic rings. The van der Waals surface area contributed by atoms with Gasteiger partial charge in [-0.25, -0.2) is 0 Å². The normalized spacial score (nSPS) is 13.6. The lowest BCUT2D eigenvalue weighted by molar-refractivity contribution is 0.0953. The Kier molecular flexibility index (Phi) is 4.29. The van der Waals surface area contributed by atoms with E-state index in [4.69, 9.17) is 4.74 Å². The van der Waals surface area contributed by atoms with Gasteiger partial charge in [0.1, 0.15) is 10.1 Å². The minimum atomic E-state index is -0.742. The molecule has 2 rings (SSSR count). The summed E-state index contributed by atoms with van der Waals surface area (Å²) in [6.45, 7) is 3.88. The largest absolute Gasteiger partial charge is 0.497 e. The lowest BCUT2D eigenvalue weighted by Gasteiger charge is -2.22. The van der Waals surface area contributed by atoms with E-state index in [1.807, 2.05) is 62.4 Å². The molecule has 0 heterocycles. The Morgan fingerprint density at radius 3 is 2.10 bits per heavy atom. The molecule has 0 bridgehead atoms. The van der Waals surface area contributed by atoms with Crippen LogP contribution in [-0.4, -0.2) is 12.9 Å². The lowest BCUT2D eigenvalue weighted by atomic mass is 9.91. The maximum absolute atomic E-state index is 12.7. The van der Waals surface area contributed by atoms with E-state index in [1.54, 1.807) is 7.11 Å². The van der Waals surface area contributed by atoms with Crippen molar-refractivity contribution in [3.8, 4) is 5.75 Å². The average molecular weight is 333 g/mol. The van der Waals surface area contributed by atoms with Crippen molar-refractivity contribution in [2.75, 3.05) is 7.11 Å². The van der Waals surface area contributed by atoms with Crippen molar-refractivity contribution in [1.29, 1.82) is 0 Å². The Bertz CT molecular complexity index is 598. The fourth-order valence-corrected chi connectivity index (χ4v) is 2.50. The van der Waals surface area contributed by atoms with Crippen molar-refractivity contribution in [2.24, 2.45) is 0 Å². The summed E-state index contributed by atoms with van der Waals surface area (Å²) in [4.78, 5) is 12.7. The van der Waals surface area contributed by atoms with Gasteiger partial charge in [0.15, 0.2) is 5.78 Å². The zero-order chi connectivity index (χ0) is 14.8. The molecule has 2 nitrogen and oxygen atoms in total. The van der Waals surface area contributed by atoms with E-state index in [-0.39, 0.29) is 5.78 Å². The number of alkyl halides is 1. The Labute approximate surface area is 127 Å². The van der Waals surface area contributed by atoms with Crippen LogP contribution in [0.4, 0.5) is 0 Å². The molecule has 2 aromatic carbocycles. The molecule has 2 aromatic rings. The molecule has 0 spiro atoms. The van der Waals surface area contributed by atoms with E-state index < -0.39 is 4.32 Å². The third-order valence-corrected chi connectivity index (χ3v) is 4.19. The Morgan fingerprint density at radius 1 is 1.05 bits per heavy atom. The maximum atomic E-state index is 12.7. The first-order chi connectivity index (χ1) is 9.45. The number of hydrogen-bond donors (Lipinski definition) is 0. The summed E-state index contributed by atoms with van der Waals surface area (Å²) in [5, 5.41) is 0. The molecule has 104 valence electrons. The third-order valence-electron chi connectivity index (χ3n) is 3.37. The molecule has 20 heavy (non-hydrogen) atoms. The highest BCUT2D eigenvalue weighted by molar-refractivity contribution is 9.10. The van der Waals surface area contributed by atoms with Gasteiger partial charge in [-0.05, 0) is 31.5 Å². The highest BCUT2D eigenvalue weighted by Gasteiger charge is 2.32. The number of methoxy groups -OCH3 is 1. The van der Waals surface area contributed by atoms with Gasteiger partial charge in [-0.1, -0.05) is 57.9 Å². The first kappa shape index (κ1) is 14.8. The van der Waals surface area contributed by atoms with Gasteiger partial charge < -0.3 is 4.74 Å². The predicted molar refractivity (Wildman–Crippen MR) is 84.8 cm³/mol. The number of benzene rings is 2. The fourth-order valence-electron chi connectivity index (χ4n) is 2.01. The van der Waals surface area contributed by atoms with Crippen molar-refractivity contribution in [3.05, 3.63) is 65.2 Å². The van der Waals surface area contributed by atoms with Gasteiger partial charge in [-0.15, -0.1) is 0 Å². The van der Waals surface area contributed by atoms with Gasteiger partial charge in [0.05, 0.1) is 7.11 Å². The Hall–Kier alpha value is -1.61. The summed E-state index contributed by atoms with van der Waals surface area (Å²) < 4.78 is 4.40. The smallest absolute Gasteiger partial charge is 0.183 e. The van der Waals surface area contributed by atoms with Crippen LogP contribution in [0.5, 0.6) is 5.75 Å². The number of carbonyl (C=O) groups is 1. The van der Waals surface area contributed by atoms with E-state index in [0.29, 0.717) is 5.56 Å². The number of ketones is 1. The molecule has 0 aliphatic heterocycles. The van der Waals surface area contributed by atoms with Crippen LogP contribution in [-0.2, 0) is 4.32 Å². The molecule has 0 saturated heterocycles. The molecular formula is C17H17BrO2. The predicted octanol–water partition coefficient (Wildman–Crippen LogP) is 4.50. The molecule has 1 atom stereocenters. The quantitative estimate of drug-likeness (QED) is 0.608. The van der Waals surface area contributed by atoms with Gasteiger partial charge in [-0.3, -0.25) is 4.79 Å². The second-order valence-electron chi connectivity index (χ2n) is 4.93. The SMILES string of the molecule is COc1ccc(C(C)(Br)C(=O)c2ccc(C)cc2)cc1. The highest BCUT2D eigenvalue weighted by atomic mass is 79.9. The summed E-state index contributed by atoms with van der Waals surface area (Å²) in [7, 11) is 1.62. The molecule has 0 aliphatic carbocycles. The number of ether oxygens (including phenoxy) is 1. The van der Waals surface area contributed by atoms with E-state index in [1.165, 1.54) is 0 Å². The van der Waals surface area contributed by atoms with Crippen molar-refractivity contribution in [1.82, 2.24) is 0 Å². The summed E-state index contributed by atoms with van der Waals surface area (Å²) in [6.07, 6.45) is 0. The summed E-state index contributed by atoms with van der Waals surface area (Å²) in [5.41, 5.74) is 2.75. The molecule has 1 unspecified atom stereocenters. The average Bonchev–Trinajstić information content (AvgIpc) is 2.47. The standard InChI is InChI=1S/C17H17BrO2/c1-12-4-6-13(7-5-12)16(19)17(2,18)14-8-10-15(20-3)11-9-14/h4-11H,1-3H3. The van der Waals surface area contributed by atoms with Gasteiger partial charge in [0.2, 0.25) is 0 Å². The summed E-state index contributed by atoms with van der Waals surface area (Å²) in [6, 6.07) is 15.1. The van der Waals surface area contributed by atoms with Crippen molar-refractivity contribution < 1.29 is 9.53 Å². The van der Waals surface area contributed by atoms with Crippen LogP contribution in [0.2, 0.25) is 0 Å². The van der Waals surface area contributed by atoms with Gasteiger partial charge >= 0.3 is 0 Å². The van der Waals surface area contributed by atoms with Crippen LogP contribution in [0, 0.1) is 6.92 Å². The first-order valence-corrected chi connectivity index (χ1v) is 7.19. The lowest BCUT2D eigenvalue weighted by Crippen LogP contribution is -2.25. The number of aryl methyl sites for hydroxylation is 1. The molecule has 3 heteroatoms. The topological polar surface area (TPSA) is 26.3 Å². The van der Waals surface area contributed by atoms with Crippen molar-refractivity contribution >= 4 is 21.7 Å². The minimum Gasteiger partial charge on any atom is -0.497 e. The number of halogens is 1. The monoisotopic (exact) mass is 332 g/mol. The van der Waals surface area contributed by atoms with E-state index in [9.17, 15) is 4.79 Å². The number of Topliss-reactive ketones (excluding diaryl/α,β-unsaturated/α-hetero) is 1. The zero-order valence-corrected chi connectivity index (χ0v) is 13.4. The van der Waals surface area contributed by atoms with Gasteiger partial charge in [0.25, 0.3) is 0 Å². The van der Waals surface area contributed by atoms with E-state index >= 15 is 0 Å². The molecule has 0 amide bonds. The number of hydrogen-bond acceptors (Lipinski definition) is 2. The molecule has 0 saturated carbocycles. The molecule has 0 fully saturated rings. The van der Waals surface area contributed by atoms with Gasteiger partial charge in [-0.2, -0.15) is 0 Å². The van der Waals surface area contributed by atoms with E-state index in [2.05, 4.69) is 15.9 Å². The highest BCUT2D eigenvalue weighted by Crippen LogP contribution is 2.35. The maximum Gasteiger partial charge on any atom is 0.183 e. The molecular weight excluding hydrogens is 316 g/mol. The van der Waals surface area contributed by atoms with Crippen LogP contribution < -0.4 is 4.74 Å². The molecule has 0 N–H and O–H groups in total. The summed E-state index contributed by atoms with van der Waals surface area (Å²) in [5.74, 6) is 0.822. The van der Waals surface area contributed by atoms with Crippen molar-refractivity contribution in [3.63, 3.8) is 0 Å². The zero-order valence-electron chi connectivity index (χ0n) is 11.8. The Morgan fingerprint density at radius 2 is 1.60 bits per heavy atom. The number of rotatable bonds is 4. The molecule has 0 aromatic heterocycles. The van der Waals surface area contributed by atoms with Crippen molar-refractivity contribution in [2.45, 2.75) is 18.2 Å². The van der Waals surface area contributed by atoms with E-state index in [0.717, 1.165) is 16.9 Å². The first-order valence-electron chi connectivity index (χ1n) is 6.40. The third kappa shape index (κ3) is 2.93. The Balaban J connectivity index is 2.32. The van der Waals surface area contributed by atoms with Crippen LogP contribution >= 0.6 is 15.9 Å². The van der Waals surface area contributed by atoms with Gasteiger partial charge in [0, 0.05) is 5.56 Å². The molecule has 0 radical (unpaired) electrons. The minimum absolute atomic E-state index is 0.0441. The van der Waals surface area contributed by atoms with Crippen LogP contribution in [0.25, 0.3) is 0 Å². The fraction of sp³-hybridized carbons (Fsp3) is 0.235. The second kappa shape index (κ2) is 5.80. The van der Waals surface area contributed by atoms with Crippen LogP contribution in [0.15, 0.2) is 48.5 Å². The van der Waals surface area contributed by atoms with Crippen LogP contribution in [0.3, 0.4) is 0 Å².